The predicted molar refractivity (Wildman–Crippen MR) is 112 cm³/mol. The van der Waals surface area contributed by atoms with Gasteiger partial charge in [-0.05, 0) is 42.3 Å². The third-order valence-corrected chi connectivity index (χ3v) is 5.83. The van der Waals surface area contributed by atoms with Crippen molar-refractivity contribution in [2.45, 2.75) is 31.2 Å². The molecule has 3 heterocycles. The van der Waals surface area contributed by atoms with Crippen molar-refractivity contribution in [3.8, 4) is 5.75 Å². The van der Waals surface area contributed by atoms with Gasteiger partial charge >= 0.3 is 18.1 Å². The zero-order chi connectivity index (χ0) is 23.8. The fraction of sp³-hybridized carbons (Fsp3) is 0.304. The highest BCUT2D eigenvalue weighted by Crippen LogP contribution is 2.46. The number of nitrogens with zero attached hydrogens (tertiary/aromatic N) is 1. The molecule has 3 N–H and O–H groups in total. The van der Waals surface area contributed by atoms with Crippen molar-refractivity contribution >= 4 is 22.8 Å². The highest BCUT2D eigenvalue weighted by molar-refractivity contribution is 5.90. The quantitative estimate of drug-likeness (QED) is 0.534. The molecule has 0 amide bonds. The maximum absolute atomic E-state index is 11.8. The maximum atomic E-state index is 11.8. The minimum absolute atomic E-state index is 0.402. The molecule has 0 aliphatic carbocycles. The van der Waals surface area contributed by atoms with Crippen molar-refractivity contribution in [3.05, 3.63) is 65.4 Å². The van der Waals surface area contributed by atoms with Crippen molar-refractivity contribution in [1.82, 2.24) is 9.88 Å². The van der Waals surface area contributed by atoms with Gasteiger partial charge in [0.05, 0.1) is 0 Å². The number of rotatable bonds is 4. The number of alkyl halides is 3. The monoisotopic (exact) mass is 462 g/mol. The number of aromatic amines is 1. The molecule has 2 bridgehead atoms. The third kappa shape index (κ3) is 4.65. The molecule has 2 aliphatic heterocycles. The van der Waals surface area contributed by atoms with Crippen LogP contribution in [0.5, 0.6) is 5.75 Å². The topological polar surface area (TPSA) is 103 Å². The first kappa shape index (κ1) is 22.7. The maximum Gasteiger partial charge on any atom is 0.490 e. The Bertz CT molecular complexity index is 1180. The van der Waals surface area contributed by atoms with Gasteiger partial charge in [-0.2, -0.15) is 13.2 Å². The van der Waals surface area contributed by atoms with Crippen LogP contribution in [0.4, 0.5) is 13.2 Å². The van der Waals surface area contributed by atoms with E-state index >= 15 is 0 Å². The van der Waals surface area contributed by atoms with Crippen molar-refractivity contribution in [1.29, 1.82) is 0 Å². The van der Waals surface area contributed by atoms with Gasteiger partial charge in [0.2, 0.25) is 0 Å². The first-order valence-electron chi connectivity index (χ1n) is 10.2. The van der Waals surface area contributed by atoms with Gasteiger partial charge in [0.15, 0.2) is 0 Å². The lowest BCUT2D eigenvalue weighted by atomic mass is 9.90. The van der Waals surface area contributed by atoms with E-state index in [0.717, 1.165) is 47.4 Å². The molecule has 10 heteroatoms. The van der Waals surface area contributed by atoms with Crippen LogP contribution in [-0.2, 0) is 16.2 Å². The third-order valence-electron chi connectivity index (χ3n) is 5.83. The molecule has 1 saturated heterocycles. The van der Waals surface area contributed by atoms with Crippen molar-refractivity contribution < 1.29 is 37.7 Å². The van der Waals surface area contributed by atoms with Crippen molar-refractivity contribution in [2.24, 2.45) is 0 Å². The van der Waals surface area contributed by atoms with Crippen LogP contribution in [0.3, 0.4) is 0 Å². The molecule has 0 spiro atoms. The number of halogens is 3. The number of benzene rings is 2. The van der Waals surface area contributed by atoms with E-state index in [-0.39, 0.29) is 0 Å². The zero-order valence-electron chi connectivity index (χ0n) is 17.3. The number of H-pyrrole nitrogens is 1. The number of nitrogens with one attached hydrogen (secondary N) is 1. The summed E-state index contributed by atoms with van der Waals surface area (Å²) in [6, 6.07) is 15.5. The van der Waals surface area contributed by atoms with Gasteiger partial charge < -0.3 is 19.9 Å². The van der Waals surface area contributed by atoms with E-state index in [1.807, 2.05) is 42.5 Å². The molecule has 5 rings (SSSR count). The van der Waals surface area contributed by atoms with Gasteiger partial charge in [-0.15, -0.1) is 0 Å². The molecule has 0 saturated carbocycles. The van der Waals surface area contributed by atoms with E-state index in [1.165, 1.54) is 5.56 Å². The van der Waals surface area contributed by atoms with Gasteiger partial charge in [-0.1, -0.05) is 30.3 Å². The van der Waals surface area contributed by atoms with Crippen LogP contribution in [0, 0.1) is 0 Å². The van der Waals surface area contributed by atoms with Crippen LogP contribution < -0.4 is 4.74 Å². The number of fused-ring (bicyclic) bond motifs is 6. The number of carbonyl (C=O) groups is 2. The summed E-state index contributed by atoms with van der Waals surface area (Å²) in [5, 5.41) is 17.9. The Morgan fingerprint density at radius 1 is 1.12 bits per heavy atom. The summed E-state index contributed by atoms with van der Waals surface area (Å²) in [6.07, 6.45) is -4.07. The zero-order valence-corrected chi connectivity index (χ0v) is 17.3. The molecule has 2 aromatic carbocycles. The number of hydrogen-bond acceptors (Lipinski definition) is 4. The lowest BCUT2D eigenvalue weighted by Gasteiger charge is -2.29. The average Bonchev–Trinajstić information content (AvgIpc) is 3.34. The van der Waals surface area contributed by atoms with Crippen LogP contribution in [-0.4, -0.2) is 51.3 Å². The second-order valence-electron chi connectivity index (χ2n) is 7.96. The molecule has 33 heavy (non-hydrogen) atoms. The fourth-order valence-electron chi connectivity index (χ4n) is 4.42. The molecule has 1 aromatic heterocycles. The van der Waals surface area contributed by atoms with Gasteiger partial charge in [0.25, 0.3) is 0 Å². The Morgan fingerprint density at radius 2 is 1.82 bits per heavy atom. The largest absolute Gasteiger partial charge is 0.490 e. The number of carboxylic acid groups (broad SMARTS) is 2. The Labute approximate surface area is 186 Å². The smallest absolute Gasteiger partial charge is 0.489 e. The van der Waals surface area contributed by atoms with Crippen LogP contribution in [0.15, 0.2) is 48.5 Å². The second-order valence-corrected chi connectivity index (χ2v) is 7.96. The summed E-state index contributed by atoms with van der Waals surface area (Å²) in [5.41, 5.74) is 4.14. The number of carboxylic acids is 2. The molecule has 174 valence electrons. The molecule has 3 atom stereocenters. The molecular weight excluding hydrogens is 441 g/mol. The summed E-state index contributed by atoms with van der Waals surface area (Å²) in [5.74, 6) is -2.32. The van der Waals surface area contributed by atoms with Crippen LogP contribution in [0.2, 0.25) is 0 Å². The standard InChI is InChI=1S/C21H20N2O3.C2HF3O2/c24-21(25)20-19-18(14-8-9-23(20)11-14)16-10-15(6-7-17(16)22-19)26-12-13-4-2-1-3-5-13;3-2(4,5)1(6)7/h1-7,10,14,20,22H,8-9,11-12H2,(H,24,25);(H,6,7). The minimum Gasteiger partial charge on any atom is -0.489 e. The van der Waals surface area contributed by atoms with Crippen molar-refractivity contribution in [3.63, 3.8) is 0 Å². The molecule has 3 aromatic rings. The van der Waals surface area contributed by atoms with E-state index in [9.17, 15) is 23.1 Å². The van der Waals surface area contributed by atoms with E-state index in [0.29, 0.717) is 12.5 Å². The van der Waals surface area contributed by atoms with Gasteiger partial charge in [0.1, 0.15) is 18.4 Å². The molecule has 0 radical (unpaired) electrons. The SMILES string of the molecule is O=C(O)C(F)(F)F.O=C(O)C1c2[nH]c3ccc(OCc4ccccc4)cc3c2C2CCN1C2. The Balaban J connectivity index is 0.000000325. The summed E-state index contributed by atoms with van der Waals surface area (Å²) in [6.45, 7) is 2.19. The number of ether oxygens (including phenoxy) is 1. The van der Waals surface area contributed by atoms with E-state index in [2.05, 4.69) is 16.0 Å². The Hall–Kier alpha value is -3.53. The number of hydrogen-bond donors (Lipinski definition) is 3. The van der Waals surface area contributed by atoms with Gasteiger partial charge in [-0.25, -0.2) is 4.79 Å². The average molecular weight is 462 g/mol. The molecule has 3 unspecified atom stereocenters. The lowest BCUT2D eigenvalue weighted by Crippen LogP contribution is -2.35. The summed E-state index contributed by atoms with van der Waals surface area (Å²) < 4.78 is 37.7. The Morgan fingerprint density at radius 3 is 2.45 bits per heavy atom. The number of aromatic nitrogens is 1. The summed E-state index contributed by atoms with van der Waals surface area (Å²) in [7, 11) is 0. The van der Waals surface area contributed by atoms with Crippen LogP contribution in [0.25, 0.3) is 10.9 Å². The normalized spacial score (nSPS) is 21.1. The summed E-state index contributed by atoms with van der Waals surface area (Å²) >= 11 is 0. The highest BCUT2D eigenvalue weighted by Gasteiger charge is 2.43. The molecule has 2 aliphatic rings. The van der Waals surface area contributed by atoms with E-state index < -0.39 is 24.2 Å². The first-order chi connectivity index (χ1) is 15.6. The minimum atomic E-state index is -5.08. The fourth-order valence-corrected chi connectivity index (χ4v) is 4.42. The van der Waals surface area contributed by atoms with Crippen LogP contribution >= 0.6 is 0 Å². The summed E-state index contributed by atoms with van der Waals surface area (Å²) in [4.78, 5) is 26.2. The van der Waals surface area contributed by atoms with E-state index in [1.54, 1.807) is 0 Å². The van der Waals surface area contributed by atoms with Gasteiger partial charge in [0, 0.05) is 29.1 Å². The van der Waals surface area contributed by atoms with Gasteiger partial charge in [-0.3, -0.25) is 9.69 Å². The lowest BCUT2D eigenvalue weighted by molar-refractivity contribution is -0.192. The molecular formula is C23H21F3N2O5. The molecule has 1 fully saturated rings. The van der Waals surface area contributed by atoms with E-state index in [4.69, 9.17) is 14.6 Å². The number of aliphatic carboxylic acids is 2. The highest BCUT2D eigenvalue weighted by atomic mass is 19.4. The van der Waals surface area contributed by atoms with Crippen molar-refractivity contribution in [2.75, 3.05) is 13.1 Å². The second kappa shape index (κ2) is 8.78. The van der Waals surface area contributed by atoms with Crippen LogP contribution in [0.1, 0.15) is 35.2 Å². The Kier molecular flexibility index (Phi) is 6.03. The first-order valence-corrected chi connectivity index (χ1v) is 10.2. The predicted octanol–water partition coefficient (Wildman–Crippen LogP) is 4.31. The molecule has 7 nitrogen and oxygen atoms in total.